The molecule has 2 aromatic rings. The highest BCUT2D eigenvalue weighted by Gasteiger charge is 2.21. The number of sulfonamides is 1. The van der Waals surface area contributed by atoms with Gasteiger partial charge in [-0.2, -0.15) is 4.98 Å². The second-order valence-electron chi connectivity index (χ2n) is 4.16. The smallest absolute Gasteiger partial charge is 0.266 e. The second-order valence-corrected chi connectivity index (χ2v) is 6.16. The van der Waals surface area contributed by atoms with Crippen LogP contribution in [-0.4, -0.2) is 25.5 Å². The fourth-order valence-corrected chi connectivity index (χ4v) is 3.24. The Hall–Kier alpha value is -2.06. The van der Waals surface area contributed by atoms with Gasteiger partial charge in [0.05, 0.1) is 12.8 Å². The monoisotopic (exact) mass is 328 g/mol. The normalized spacial score (nSPS) is 11.2. The largest absolute Gasteiger partial charge is 0.481 e. The summed E-state index contributed by atoms with van der Waals surface area (Å²) in [4.78, 5) is 7.65. The summed E-state index contributed by atoms with van der Waals surface area (Å²) in [6, 6.07) is 6.18. The number of nitrogen functional groups attached to an aromatic ring is 1. The van der Waals surface area contributed by atoms with Gasteiger partial charge in [0.25, 0.3) is 10.0 Å². The van der Waals surface area contributed by atoms with Crippen molar-refractivity contribution in [3.8, 4) is 5.88 Å². The van der Waals surface area contributed by atoms with E-state index >= 15 is 0 Å². The molecule has 0 atom stereocenters. The molecule has 0 aliphatic heterocycles. The maximum absolute atomic E-state index is 12.4. The van der Waals surface area contributed by atoms with Crippen LogP contribution in [0, 0.1) is 6.92 Å². The first-order chi connectivity index (χ1) is 9.83. The molecule has 21 heavy (non-hydrogen) atoms. The molecule has 0 aliphatic carbocycles. The van der Waals surface area contributed by atoms with E-state index < -0.39 is 10.0 Å². The van der Waals surface area contributed by atoms with Crippen LogP contribution < -0.4 is 15.2 Å². The highest BCUT2D eigenvalue weighted by Crippen LogP contribution is 2.25. The Bertz CT molecular complexity index is 760. The Morgan fingerprint density at radius 1 is 1.33 bits per heavy atom. The zero-order valence-electron chi connectivity index (χ0n) is 11.3. The highest BCUT2D eigenvalue weighted by atomic mass is 35.5. The number of rotatable bonds is 4. The first-order valence-electron chi connectivity index (χ1n) is 5.80. The number of methoxy groups -OCH3 is 1. The summed E-state index contributed by atoms with van der Waals surface area (Å²) in [5.74, 6) is -0.0486. The molecule has 0 fully saturated rings. The predicted molar refractivity (Wildman–Crippen MR) is 80.0 cm³/mol. The summed E-state index contributed by atoms with van der Waals surface area (Å²) in [6.07, 6.45) is 0. The van der Waals surface area contributed by atoms with E-state index in [0.29, 0.717) is 5.56 Å². The minimum atomic E-state index is -3.93. The second kappa shape index (κ2) is 5.74. The molecule has 0 spiro atoms. The number of nitrogens with one attached hydrogen (secondary N) is 1. The Kier molecular flexibility index (Phi) is 4.19. The number of anilines is 2. The van der Waals surface area contributed by atoms with Gasteiger partial charge in [0.2, 0.25) is 11.8 Å². The summed E-state index contributed by atoms with van der Waals surface area (Å²) < 4.78 is 31.9. The summed E-state index contributed by atoms with van der Waals surface area (Å²) >= 11 is 5.78. The molecule has 0 saturated carbocycles. The Labute approximate surface area is 127 Å². The summed E-state index contributed by atoms with van der Waals surface area (Å²) in [6.45, 7) is 1.64. The number of nitrogens with two attached hydrogens (primary N) is 1. The number of halogens is 1. The summed E-state index contributed by atoms with van der Waals surface area (Å²) in [7, 11) is -2.55. The molecule has 9 heteroatoms. The molecule has 0 saturated heterocycles. The van der Waals surface area contributed by atoms with Gasteiger partial charge in [-0.05, 0) is 18.6 Å². The van der Waals surface area contributed by atoms with Gasteiger partial charge in [0.1, 0.15) is 10.0 Å². The van der Waals surface area contributed by atoms with E-state index in [1.54, 1.807) is 19.1 Å². The minimum Gasteiger partial charge on any atom is -0.481 e. The van der Waals surface area contributed by atoms with Crippen LogP contribution in [0.15, 0.2) is 29.2 Å². The van der Waals surface area contributed by atoms with Crippen molar-refractivity contribution in [2.45, 2.75) is 11.8 Å². The number of benzene rings is 1. The molecule has 1 heterocycles. The molecule has 1 aromatic heterocycles. The van der Waals surface area contributed by atoms with Crippen molar-refractivity contribution in [2.75, 3.05) is 17.6 Å². The Morgan fingerprint density at radius 2 is 2.05 bits per heavy atom. The highest BCUT2D eigenvalue weighted by molar-refractivity contribution is 7.93. The van der Waals surface area contributed by atoms with Crippen LogP contribution in [0.2, 0.25) is 5.15 Å². The summed E-state index contributed by atoms with van der Waals surface area (Å²) in [5, 5.41) is 0.0531. The molecule has 112 valence electrons. The molecule has 3 N–H and O–H groups in total. The van der Waals surface area contributed by atoms with Crippen molar-refractivity contribution in [2.24, 2.45) is 0 Å². The number of aryl methyl sites for hydroxylation is 1. The van der Waals surface area contributed by atoms with Gasteiger partial charge < -0.3 is 10.5 Å². The Balaban J connectivity index is 2.45. The maximum Gasteiger partial charge on any atom is 0.266 e. The third kappa shape index (κ3) is 3.34. The van der Waals surface area contributed by atoms with Crippen LogP contribution in [0.25, 0.3) is 0 Å². The van der Waals surface area contributed by atoms with Gasteiger partial charge >= 0.3 is 0 Å². The van der Waals surface area contributed by atoms with Crippen LogP contribution in [0.4, 0.5) is 11.6 Å². The van der Waals surface area contributed by atoms with Crippen LogP contribution in [0.3, 0.4) is 0 Å². The molecule has 0 radical (unpaired) electrons. The van der Waals surface area contributed by atoms with E-state index in [4.69, 9.17) is 22.1 Å². The summed E-state index contributed by atoms with van der Waals surface area (Å²) in [5.41, 5.74) is 6.38. The van der Waals surface area contributed by atoms with E-state index in [0.717, 1.165) is 0 Å². The van der Waals surface area contributed by atoms with Crippen molar-refractivity contribution >= 4 is 33.3 Å². The van der Waals surface area contributed by atoms with Crippen molar-refractivity contribution in [3.63, 3.8) is 0 Å². The SMILES string of the molecule is COc1cc(Cl)nc(NS(=O)(=O)c2c(C)cccc2N)n1. The zero-order valence-corrected chi connectivity index (χ0v) is 12.9. The van der Waals surface area contributed by atoms with Crippen LogP contribution in [-0.2, 0) is 10.0 Å². The van der Waals surface area contributed by atoms with Crippen molar-refractivity contribution in [1.82, 2.24) is 9.97 Å². The first kappa shape index (κ1) is 15.3. The lowest BCUT2D eigenvalue weighted by molar-refractivity contribution is 0.397. The van der Waals surface area contributed by atoms with Gasteiger partial charge in [-0.15, -0.1) is 0 Å². The predicted octanol–water partition coefficient (Wildman–Crippen LogP) is 1.83. The molecule has 0 aliphatic rings. The van der Waals surface area contributed by atoms with Gasteiger partial charge in [-0.3, -0.25) is 0 Å². The standard InChI is InChI=1S/C12H13ClN4O3S/c1-7-4-3-5-8(14)11(7)21(18,19)17-12-15-9(13)6-10(16-12)20-2/h3-6H,14H2,1-2H3,(H,15,16,17). The van der Waals surface area contributed by atoms with E-state index in [1.165, 1.54) is 19.2 Å². The molecular weight excluding hydrogens is 316 g/mol. The fraction of sp³-hybridized carbons (Fsp3) is 0.167. The van der Waals surface area contributed by atoms with E-state index in [-0.39, 0.29) is 27.6 Å². The lowest BCUT2D eigenvalue weighted by Crippen LogP contribution is -2.18. The zero-order chi connectivity index (χ0) is 15.6. The van der Waals surface area contributed by atoms with Gasteiger partial charge in [0, 0.05) is 6.07 Å². The molecule has 0 amide bonds. The fourth-order valence-electron chi connectivity index (χ4n) is 1.76. The van der Waals surface area contributed by atoms with E-state index in [2.05, 4.69) is 14.7 Å². The van der Waals surface area contributed by atoms with Crippen LogP contribution >= 0.6 is 11.6 Å². The average Bonchev–Trinajstić information content (AvgIpc) is 2.36. The number of hydrogen-bond donors (Lipinski definition) is 2. The third-order valence-corrected chi connectivity index (χ3v) is 4.36. The van der Waals surface area contributed by atoms with Gasteiger partial charge in [0.15, 0.2) is 0 Å². The quantitative estimate of drug-likeness (QED) is 0.655. The molecule has 0 bridgehead atoms. The maximum atomic E-state index is 12.4. The van der Waals surface area contributed by atoms with E-state index in [9.17, 15) is 8.42 Å². The molecule has 0 unspecified atom stereocenters. The van der Waals surface area contributed by atoms with Crippen molar-refractivity contribution < 1.29 is 13.2 Å². The molecule has 1 aromatic carbocycles. The van der Waals surface area contributed by atoms with Gasteiger partial charge in [-0.25, -0.2) is 18.1 Å². The molecular formula is C12H13ClN4O3S. The minimum absolute atomic E-state index is 0.0208. The topological polar surface area (TPSA) is 107 Å². The first-order valence-corrected chi connectivity index (χ1v) is 7.66. The van der Waals surface area contributed by atoms with Crippen molar-refractivity contribution in [1.29, 1.82) is 0 Å². The van der Waals surface area contributed by atoms with Crippen LogP contribution in [0.5, 0.6) is 5.88 Å². The lowest BCUT2D eigenvalue weighted by atomic mass is 10.2. The van der Waals surface area contributed by atoms with Gasteiger partial charge in [-0.1, -0.05) is 23.7 Å². The third-order valence-electron chi connectivity index (χ3n) is 2.62. The number of nitrogens with zero attached hydrogens (tertiary/aromatic N) is 2. The number of ether oxygens (including phenoxy) is 1. The molecule has 2 rings (SSSR count). The Morgan fingerprint density at radius 3 is 2.67 bits per heavy atom. The lowest BCUT2D eigenvalue weighted by Gasteiger charge is -2.12. The van der Waals surface area contributed by atoms with Crippen molar-refractivity contribution in [3.05, 3.63) is 35.0 Å². The van der Waals surface area contributed by atoms with Crippen LogP contribution in [0.1, 0.15) is 5.56 Å². The van der Waals surface area contributed by atoms with E-state index in [1.807, 2.05) is 0 Å². The number of hydrogen-bond acceptors (Lipinski definition) is 6. The average molecular weight is 329 g/mol. The molecule has 7 nitrogen and oxygen atoms in total. The number of aromatic nitrogens is 2.